The maximum Gasteiger partial charge on any atom is 1.00 e. The predicted octanol–water partition coefficient (Wildman–Crippen LogP) is -3.34. The number of carbonyl (C=O) groups is 1. The van der Waals surface area contributed by atoms with Gasteiger partial charge in [-0.15, -0.1) is 0 Å². The average Bonchev–Trinajstić information content (AvgIpc) is 2.87. The summed E-state index contributed by atoms with van der Waals surface area (Å²) in [5.41, 5.74) is 0.717. The molecule has 0 aromatic carbocycles. The van der Waals surface area contributed by atoms with Gasteiger partial charge in [0.2, 0.25) is 0 Å². The van der Waals surface area contributed by atoms with E-state index in [1.54, 1.807) is 18.5 Å². The Hall–Kier alpha value is 0.176. The van der Waals surface area contributed by atoms with E-state index in [-0.39, 0.29) is 51.4 Å². The molecule has 1 aromatic rings. The first kappa shape index (κ1) is 16.5. The van der Waals surface area contributed by atoms with Crippen molar-refractivity contribution >= 4 is 5.97 Å². The number of piperazine rings is 1. The topological polar surface area (TPSA) is 59.5 Å². The fourth-order valence-electron chi connectivity index (χ4n) is 3.28. The van der Waals surface area contributed by atoms with Crippen molar-refractivity contribution in [2.75, 3.05) is 26.2 Å². The zero-order valence-corrected chi connectivity index (χ0v) is 15.0. The van der Waals surface area contributed by atoms with Gasteiger partial charge in [-0.25, -0.2) is 0 Å². The molecule has 2 aliphatic rings. The smallest absolute Gasteiger partial charge is 0.548 e. The number of carboxylic acids is 1. The number of pyridine rings is 1. The van der Waals surface area contributed by atoms with Gasteiger partial charge < -0.3 is 9.90 Å². The largest absolute Gasteiger partial charge is 1.00 e. The van der Waals surface area contributed by atoms with Crippen LogP contribution in [-0.2, 0) is 4.79 Å². The number of nitrogens with zero attached hydrogens (tertiary/aromatic N) is 3. The Morgan fingerprint density at radius 1 is 1.40 bits per heavy atom. The maximum absolute atomic E-state index is 11.5. The van der Waals surface area contributed by atoms with Crippen LogP contribution in [0, 0.1) is 0 Å². The van der Waals surface area contributed by atoms with E-state index >= 15 is 0 Å². The summed E-state index contributed by atoms with van der Waals surface area (Å²) in [4.78, 5) is 20.0. The minimum Gasteiger partial charge on any atom is -0.548 e. The Morgan fingerprint density at radius 3 is 2.95 bits per heavy atom. The Morgan fingerprint density at radius 2 is 2.25 bits per heavy atom. The van der Waals surface area contributed by atoms with Crippen molar-refractivity contribution in [1.29, 1.82) is 0 Å². The Balaban J connectivity index is 0.00000147. The van der Waals surface area contributed by atoms with Crippen molar-refractivity contribution < 1.29 is 61.3 Å². The Kier molecular flexibility index (Phi) is 6.16. The second-order valence-electron chi connectivity index (χ2n) is 5.33. The summed E-state index contributed by atoms with van der Waals surface area (Å²) >= 11 is 0. The van der Waals surface area contributed by atoms with Crippen molar-refractivity contribution in [3.63, 3.8) is 0 Å². The molecule has 3 rings (SSSR count). The average molecular weight is 299 g/mol. The summed E-state index contributed by atoms with van der Waals surface area (Å²) in [6.45, 7) is 3.70. The molecule has 2 fully saturated rings. The van der Waals surface area contributed by atoms with Crippen LogP contribution in [0.2, 0.25) is 0 Å². The number of rotatable bonds is 3. The van der Waals surface area contributed by atoms with Crippen LogP contribution < -0.4 is 56.5 Å². The molecule has 2 atom stereocenters. The van der Waals surface area contributed by atoms with Gasteiger partial charge in [-0.3, -0.25) is 14.8 Å². The molecule has 0 aliphatic carbocycles. The van der Waals surface area contributed by atoms with Gasteiger partial charge in [0.05, 0.1) is 12.0 Å². The molecule has 102 valence electrons. The van der Waals surface area contributed by atoms with Crippen LogP contribution in [0.5, 0.6) is 0 Å². The molecule has 1 aromatic heterocycles. The SMILES string of the molecule is O=C([O-])C(c1cccnc1)N1CCN2CCCC2C1.[K+]. The van der Waals surface area contributed by atoms with Crippen LogP contribution in [0.15, 0.2) is 24.5 Å². The molecule has 2 saturated heterocycles. The van der Waals surface area contributed by atoms with Crippen molar-refractivity contribution in [2.45, 2.75) is 24.9 Å². The predicted molar refractivity (Wildman–Crippen MR) is 68.2 cm³/mol. The molecule has 2 unspecified atom stereocenters. The van der Waals surface area contributed by atoms with Crippen molar-refractivity contribution in [3.8, 4) is 0 Å². The van der Waals surface area contributed by atoms with Gasteiger partial charge in [0.15, 0.2) is 0 Å². The number of carbonyl (C=O) groups excluding carboxylic acids is 1. The van der Waals surface area contributed by atoms with E-state index in [0.29, 0.717) is 11.6 Å². The van der Waals surface area contributed by atoms with E-state index in [1.165, 1.54) is 12.8 Å². The fraction of sp³-hybridized carbons (Fsp3) is 0.571. The van der Waals surface area contributed by atoms with Crippen LogP contribution >= 0.6 is 0 Å². The molecule has 0 amide bonds. The molecule has 0 N–H and O–H groups in total. The number of hydrogen-bond donors (Lipinski definition) is 0. The number of aromatic nitrogens is 1. The summed E-state index contributed by atoms with van der Waals surface area (Å²) in [7, 11) is 0. The van der Waals surface area contributed by atoms with Crippen molar-refractivity contribution in [1.82, 2.24) is 14.8 Å². The third-order valence-electron chi connectivity index (χ3n) is 4.21. The van der Waals surface area contributed by atoms with E-state index in [0.717, 1.165) is 26.2 Å². The Bertz CT molecular complexity index is 457. The van der Waals surface area contributed by atoms with Gasteiger partial charge in [0.25, 0.3) is 0 Å². The molecular formula is C14H18KN3O2. The summed E-state index contributed by atoms with van der Waals surface area (Å²) in [6, 6.07) is 3.43. The second kappa shape index (κ2) is 7.44. The van der Waals surface area contributed by atoms with Gasteiger partial charge >= 0.3 is 51.4 Å². The fourth-order valence-corrected chi connectivity index (χ4v) is 3.28. The van der Waals surface area contributed by atoms with E-state index in [9.17, 15) is 9.90 Å². The normalized spacial score (nSPS) is 24.7. The molecule has 3 heterocycles. The molecule has 0 saturated carbocycles. The van der Waals surface area contributed by atoms with Crippen LogP contribution in [0.4, 0.5) is 0 Å². The van der Waals surface area contributed by atoms with E-state index in [2.05, 4.69) is 9.88 Å². The molecular weight excluding hydrogens is 281 g/mol. The first-order valence-electron chi connectivity index (χ1n) is 6.84. The number of fused-ring (bicyclic) bond motifs is 1. The van der Waals surface area contributed by atoms with Crippen LogP contribution in [0.25, 0.3) is 0 Å². The van der Waals surface area contributed by atoms with E-state index in [1.807, 2.05) is 11.0 Å². The Labute approximate surface area is 161 Å². The van der Waals surface area contributed by atoms with Crippen LogP contribution in [0.3, 0.4) is 0 Å². The third-order valence-corrected chi connectivity index (χ3v) is 4.21. The first-order valence-corrected chi connectivity index (χ1v) is 6.84. The minimum atomic E-state index is -1.03. The van der Waals surface area contributed by atoms with Gasteiger partial charge in [0, 0.05) is 38.1 Å². The molecule has 0 bridgehead atoms. The van der Waals surface area contributed by atoms with Gasteiger partial charge in [-0.1, -0.05) is 6.07 Å². The number of carboxylic acid groups (broad SMARTS) is 1. The second-order valence-corrected chi connectivity index (χ2v) is 5.33. The molecule has 0 spiro atoms. The standard InChI is InChI=1S/C14H19N3O2.K/c18-14(19)13(11-3-1-5-15-9-11)17-8-7-16-6-2-4-12(16)10-17;/h1,3,5,9,12-13H,2,4,6-8,10H2,(H,18,19);/q;+1/p-1. The zero-order valence-electron chi connectivity index (χ0n) is 11.9. The van der Waals surface area contributed by atoms with E-state index < -0.39 is 12.0 Å². The summed E-state index contributed by atoms with van der Waals surface area (Å²) in [6.07, 6.45) is 5.68. The maximum atomic E-state index is 11.5. The first-order chi connectivity index (χ1) is 9.25. The number of aliphatic carboxylic acids is 1. The molecule has 0 radical (unpaired) electrons. The molecule has 5 nitrogen and oxygen atoms in total. The van der Waals surface area contributed by atoms with Gasteiger partial charge in [0.1, 0.15) is 0 Å². The number of hydrogen-bond acceptors (Lipinski definition) is 5. The van der Waals surface area contributed by atoms with Gasteiger partial charge in [-0.2, -0.15) is 0 Å². The monoisotopic (exact) mass is 299 g/mol. The van der Waals surface area contributed by atoms with Crippen molar-refractivity contribution in [3.05, 3.63) is 30.1 Å². The zero-order chi connectivity index (χ0) is 13.2. The molecule has 20 heavy (non-hydrogen) atoms. The van der Waals surface area contributed by atoms with E-state index in [4.69, 9.17) is 0 Å². The quantitative estimate of drug-likeness (QED) is 0.546. The molecule has 2 aliphatic heterocycles. The van der Waals surface area contributed by atoms with Crippen LogP contribution in [0.1, 0.15) is 24.4 Å². The summed E-state index contributed by atoms with van der Waals surface area (Å²) in [5, 5.41) is 11.5. The summed E-state index contributed by atoms with van der Waals surface area (Å²) < 4.78 is 0. The van der Waals surface area contributed by atoms with Gasteiger partial charge in [-0.05, 0) is 31.0 Å². The summed E-state index contributed by atoms with van der Waals surface area (Å²) in [5.74, 6) is -1.03. The molecule has 6 heteroatoms. The van der Waals surface area contributed by atoms with Crippen molar-refractivity contribution in [2.24, 2.45) is 0 Å². The third kappa shape index (κ3) is 3.49. The minimum absolute atomic E-state index is 0. The van der Waals surface area contributed by atoms with Crippen LogP contribution in [-0.4, -0.2) is 53.0 Å².